The minimum Gasteiger partial charge on any atom is -0.399 e. The van der Waals surface area contributed by atoms with Gasteiger partial charge in [0.2, 0.25) is 0 Å². The molecule has 0 aliphatic carbocycles. The highest BCUT2D eigenvalue weighted by Crippen LogP contribution is 2.24. The molecule has 0 spiro atoms. The highest BCUT2D eigenvalue weighted by molar-refractivity contribution is 9.10. The number of hydrogen-bond donors (Lipinski definition) is 1. The number of ketones is 1. The van der Waals surface area contributed by atoms with Gasteiger partial charge in [-0.05, 0) is 67.8 Å². The second-order valence-corrected chi connectivity index (χ2v) is 5.73. The minimum absolute atomic E-state index is 0.0171. The number of hydrogen-bond acceptors (Lipinski definition) is 2. The van der Waals surface area contributed by atoms with Crippen LogP contribution in [0.2, 0.25) is 0 Å². The van der Waals surface area contributed by atoms with E-state index in [1.807, 2.05) is 45.0 Å². The van der Waals surface area contributed by atoms with Gasteiger partial charge in [-0.15, -0.1) is 0 Å². The Morgan fingerprint density at radius 2 is 1.68 bits per heavy atom. The van der Waals surface area contributed by atoms with Crippen LogP contribution >= 0.6 is 15.9 Å². The van der Waals surface area contributed by atoms with E-state index in [4.69, 9.17) is 5.73 Å². The van der Waals surface area contributed by atoms with Crippen LogP contribution in [0, 0.1) is 20.8 Å². The van der Waals surface area contributed by atoms with Crippen molar-refractivity contribution in [1.29, 1.82) is 0 Å². The van der Waals surface area contributed by atoms with Crippen LogP contribution in [-0.2, 0) is 0 Å². The van der Waals surface area contributed by atoms with Gasteiger partial charge in [-0.25, -0.2) is 0 Å². The van der Waals surface area contributed by atoms with Crippen molar-refractivity contribution in [2.45, 2.75) is 20.8 Å². The average molecular weight is 318 g/mol. The van der Waals surface area contributed by atoms with Crippen LogP contribution in [0.1, 0.15) is 32.6 Å². The first-order valence-corrected chi connectivity index (χ1v) is 6.86. The highest BCUT2D eigenvalue weighted by atomic mass is 79.9. The molecule has 0 fully saturated rings. The zero-order valence-electron chi connectivity index (χ0n) is 11.3. The molecular formula is C16H16BrNO. The molecule has 0 aromatic heterocycles. The lowest BCUT2D eigenvalue weighted by atomic mass is 9.96. The summed E-state index contributed by atoms with van der Waals surface area (Å²) in [5.41, 5.74) is 10.8. The predicted molar refractivity (Wildman–Crippen MR) is 82.6 cm³/mol. The summed E-state index contributed by atoms with van der Waals surface area (Å²) in [7, 11) is 0. The lowest BCUT2D eigenvalue weighted by Crippen LogP contribution is -2.05. The van der Waals surface area contributed by atoms with Crippen molar-refractivity contribution in [3.63, 3.8) is 0 Å². The number of halogens is 1. The topological polar surface area (TPSA) is 43.1 Å². The van der Waals surface area contributed by atoms with E-state index >= 15 is 0 Å². The molecule has 19 heavy (non-hydrogen) atoms. The minimum atomic E-state index is 0.0171. The van der Waals surface area contributed by atoms with E-state index < -0.39 is 0 Å². The standard InChI is InChI=1S/C16H16BrNO/c1-9-4-12(8-13(18)5-9)16(19)14-6-11(3)15(17)7-10(14)2/h4-8H,18H2,1-3H3. The zero-order valence-corrected chi connectivity index (χ0v) is 12.8. The highest BCUT2D eigenvalue weighted by Gasteiger charge is 2.14. The first-order chi connectivity index (χ1) is 8.88. The van der Waals surface area contributed by atoms with Crippen molar-refractivity contribution in [3.05, 3.63) is 62.6 Å². The van der Waals surface area contributed by atoms with E-state index in [1.165, 1.54) is 0 Å². The van der Waals surface area contributed by atoms with Crippen LogP contribution in [0.4, 0.5) is 5.69 Å². The summed E-state index contributed by atoms with van der Waals surface area (Å²) < 4.78 is 1.02. The number of nitrogens with two attached hydrogens (primary N) is 1. The van der Waals surface area contributed by atoms with Gasteiger partial charge in [0, 0.05) is 21.3 Å². The van der Waals surface area contributed by atoms with E-state index in [0.717, 1.165) is 26.7 Å². The molecule has 0 saturated heterocycles. The fourth-order valence-electron chi connectivity index (χ4n) is 2.12. The van der Waals surface area contributed by atoms with Crippen LogP contribution in [-0.4, -0.2) is 5.78 Å². The Kier molecular flexibility index (Phi) is 3.76. The zero-order chi connectivity index (χ0) is 14.2. The van der Waals surface area contributed by atoms with E-state index in [0.29, 0.717) is 11.3 Å². The molecule has 0 heterocycles. The summed E-state index contributed by atoms with van der Waals surface area (Å²) in [6, 6.07) is 9.35. The van der Waals surface area contributed by atoms with Crippen molar-refractivity contribution in [2.75, 3.05) is 5.73 Å². The first-order valence-electron chi connectivity index (χ1n) is 6.07. The van der Waals surface area contributed by atoms with Crippen molar-refractivity contribution >= 4 is 27.4 Å². The third-order valence-electron chi connectivity index (χ3n) is 3.11. The Morgan fingerprint density at radius 1 is 1.00 bits per heavy atom. The SMILES string of the molecule is Cc1cc(N)cc(C(=O)c2cc(C)c(Br)cc2C)c1. The number of rotatable bonds is 2. The molecule has 98 valence electrons. The maximum atomic E-state index is 12.6. The number of nitrogen functional groups attached to an aromatic ring is 1. The second-order valence-electron chi connectivity index (χ2n) is 4.88. The van der Waals surface area contributed by atoms with Gasteiger partial charge in [0.25, 0.3) is 0 Å². The molecule has 0 unspecified atom stereocenters. The molecule has 0 aliphatic heterocycles. The molecule has 0 bridgehead atoms. The Bertz CT molecular complexity index is 642. The number of aryl methyl sites for hydroxylation is 3. The van der Waals surface area contributed by atoms with Crippen LogP contribution < -0.4 is 5.73 Å². The van der Waals surface area contributed by atoms with E-state index in [2.05, 4.69) is 15.9 Å². The molecule has 2 N–H and O–H groups in total. The normalized spacial score (nSPS) is 10.5. The third-order valence-corrected chi connectivity index (χ3v) is 3.97. The van der Waals surface area contributed by atoms with Crippen LogP contribution in [0.15, 0.2) is 34.8 Å². The summed E-state index contributed by atoms with van der Waals surface area (Å²) >= 11 is 3.48. The number of carbonyl (C=O) groups is 1. The molecule has 2 nitrogen and oxygen atoms in total. The van der Waals surface area contributed by atoms with Gasteiger partial charge in [-0.2, -0.15) is 0 Å². The predicted octanol–water partition coefficient (Wildman–Crippen LogP) is 4.19. The molecule has 2 aromatic rings. The number of anilines is 1. The van der Waals surface area contributed by atoms with Gasteiger partial charge >= 0.3 is 0 Å². The number of carbonyl (C=O) groups excluding carboxylic acids is 1. The van der Waals surface area contributed by atoms with Crippen molar-refractivity contribution in [1.82, 2.24) is 0 Å². The van der Waals surface area contributed by atoms with Gasteiger partial charge in [-0.3, -0.25) is 4.79 Å². The Morgan fingerprint density at radius 3 is 2.32 bits per heavy atom. The average Bonchev–Trinajstić information content (AvgIpc) is 2.31. The third kappa shape index (κ3) is 2.87. The second kappa shape index (κ2) is 5.17. The van der Waals surface area contributed by atoms with Gasteiger partial charge in [0.05, 0.1) is 0 Å². The van der Waals surface area contributed by atoms with E-state index in [1.54, 1.807) is 6.07 Å². The maximum Gasteiger partial charge on any atom is 0.193 e. The lowest BCUT2D eigenvalue weighted by molar-refractivity contribution is 0.103. The molecule has 0 amide bonds. The largest absolute Gasteiger partial charge is 0.399 e. The van der Waals surface area contributed by atoms with Crippen molar-refractivity contribution in [2.24, 2.45) is 0 Å². The molecule has 0 aliphatic rings. The number of benzene rings is 2. The van der Waals surface area contributed by atoms with E-state index in [9.17, 15) is 4.79 Å². The summed E-state index contributed by atoms with van der Waals surface area (Å²) in [6.45, 7) is 5.86. The van der Waals surface area contributed by atoms with Crippen LogP contribution in [0.5, 0.6) is 0 Å². The van der Waals surface area contributed by atoms with Crippen molar-refractivity contribution < 1.29 is 4.79 Å². The van der Waals surface area contributed by atoms with Crippen molar-refractivity contribution in [3.8, 4) is 0 Å². The fourth-order valence-corrected chi connectivity index (χ4v) is 2.58. The van der Waals surface area contributed by atoms with Gasteiger partial charge in [-0.1, -0.05) is 15.9 Å². The van der Waals surface area contributed by atoms with Crippen LogP contribution in [0.25, 0.3) is 0 Å². The summed E-state index contributed by atoms with van der Waals surface area (Å²) in [5.74, 6) is 0.0171. The lowest BCUT2D eigenvalue weighted by Gasteiger charge is -2.09. The van der Waals surface area contributed by atoms with Gasteiger partial charge < -0.3 is 5.73 Å². The summed E-state index contributed by atoms with van der Waals surface area (Å²) in [6.07, 6.45) is 0. The summed E-state index contributed by atoms with van der Waals surface area (Å²) in [4.78, 5) is 12.6. The fraction of sp³-hybridized carbons (Fsp3) is 0.188. The van der Waals surface area contributed by atoms with Crippen LogP contribution in [0.3, 0.4) is 0 Å². The first kappa shape index (κ1) is 13.8. The summed E-state index contributed by atoms with van der Waals surface area (Å²) in [5, 5.41) is 0. The Hall–Kier alpha value is -1.61. The van der Waals surface area contributed by atoms with Gasteiger partial charge in [0.15, 0.2) is 5.78 Å². The van der Waals surface area contributed by atoms with E-state index in [-0.39, 0.29) is 5.78 Å². The molecule has 0 atom stereocenters. The molecule has 2 rings (SSSR count). The molecule has 2 aromatic carbocycles. The molecule has 0 saturated carbocycles. The Balaban J connectivity index is 2.53. The monoisotopic (exact) mass is 317 g/mol. The maximum absolute atomic E-state index is 12.6. The molecule has 0 radical (unpaired) electrons. The molecular weight excluding hydrogens is 302 g/mol. The Labute approximate surface area is 121 Å². The van der Waals surface area contributed by atoms with Gasteiger partial charge in [0.1, 0.15) is 0 Å². The molecule has 3 heteroatoms. The quantitative estimate of drug-likeness (QED) is 0.666. The smallest absolute Gasteiger partial charge is 0.193 e.